The van der Waals surface area contributed by atoms with Gasteiger partial charge in [-0.15, -0.1) is 0 Å². The normalized spacial score (nSPS) is 14.6. The van der Waals surface area contributed by atoms with E-state index in [0.29, 0.717) is 0 Å². The molecule has 0 saturated carbocycles. The first-order valence-electron chi connectivity index (χ1n) is 6.50. The maximum absolute atomic E-state index is 5.65. The van der Waals surface area contributed by atoms with E-state index >= 15 is 0 Å². The molecule has 0 N–H and O–H groups in total. The fraction of sp³-hybridized carbons (Fsp3) is 0.600. The quantitative estimate of drug-likeness (QED) is 0.735. The van der Waals surface area contributed by atoms with Crippen LogP contribution in [0.15, 0.2) is 6.07 Å². The maximum atomic E-state index is 5.65. The average molecular weight is 276 g/mol. The molecular formula is C15H21AlO3. The summed E-state index contributed by atoms with van der Waals surface area (Å²) in [5.41, 5.74) is 2.11. The zero-order valence-electron chi connectivity index (χ0n) is 12.6. The largest absolute Gasteiger partial charge is 0.653 e. The van der Waals surface area contributed by atoms with Crippen LogP contribution in [0.2, 0.25) is 0 Å². The van der Waals surface area contributed by atoms with Crippen LogP contribution >= 0.6 is 0 Å². The van der Waals surface area contributed by atoms with Gasteiger partial charge in [-0.25, -0.2) is 0 Å². The molecule has 1 heterocycles. The second kappa shape index (κ2) is 4.61. The van der Waals surface area contributed by atoms with Gasteiger partial charge in [-0.2, -0.15) is 0 Å². The SMILES string of the molecule is CC(C)(C)c1cc2c(c(C(C)(C)C)c1[O][Al])OCO2. The molecule has 1 aromatic rings. The van der Waals surface area contributed by atoms with E-state index in [0.717, 1.165) is 28.4 Å². The zero-order valence-corrected chi connectivity index (χ0v) is 13.7. The van der Waals surface area contributed by atoms with E-state index in [2.05, 4.69) is 58.2 Å². The van der Waals surface area contributed by atoms with Crippen LogP contribution in [0.4, 0.5) is 0 Å². The van der Waals surface area contributed by atoms with Crippen LogP contribution in [-0.2, 0) is 10.8 Å². The minimum Gasteiger partial charge on any atom is -0.653 e. The minimum absolute atomic E-state index is 0.0209. The van der Waals surface area contributed by atoms with Crippen LogP contribution in [0, 0.1) is 0 Å². The number of hydrogen-bond donors (Lipinski definition) is 0. The number of ether oxygens (including phenoxy) is 2. The average Bonchev–Trinajstić information content (AvgIpc) is 2.70. The Morgan fingerprint density at radius 2 is 1.68 bits per heavy atom. The van der Waals surface area contributed by atoms with Gasteiger partial charge in [-0.3, -0.25) is 0 Å². The lowest BCUT2D eigenvalue weighted by molar-refractivity contribution is 0.172. The van der Waals surface area contributed by atoms with E-state index in [1.807, 2.05) is 6.07 Å². The van der Waals surface area contributed by atoms with Gasteiger partial charge in [0, 0.05) is 11.1 Å². The van der Waals surface area contributed by atoms with Crippen molar-refractivity contribution in [1.29, 1.82) is 0 Å². The number of benzene rings is 1. The van der Waals surface area contributed by atoms with Crippen molar-refractivity contribution in [2.75, 3.05) is 6.79 Å². The molecule has 0 amide bonds. The van der Waals surface area contributed by atoms with E-state index < -0.39 is 0 Å². The Bertz CT molecular complexity index is 496. The van der Waals surface area contributed by atoms with Crippen molar-refractivity contribution in [3.8, 4) is 17.2 Å². The standard InChI is InChI=1S/C15H22O3.Al/c1-14(2,3)9-7-10-13(18-8-17-10)11(12(9)16)15(4,5)6;/h7,16H,8H2,1-6H3;/q;+1/p-1. The third-order valence-corrected chi connectivity index (χ3v) is 3.53. The highest BCUT2D eigenvalue weighted by molar-refractivity contribution is 6.00. The Balaban J connectivity index is 2.80. The third-order valence-electron chi connectivity index (χ3n) is 3.29. The van der Waals surface area contributed by atoms with Crippen molar-refractivity contribution in [3.05, 3.63) is 17.2 Å². The lowest BCUT2D eigenvalue weighted by Crippen LogP contribution is -2.19. The molecule has 3 nitrogen and oxygen atoms in total. The molecule has 0 spiro atoms. The minimum atomic E-state index is -0.0784. The predicted octanol–water partition coefficient (Wildman–Crippen LogP) is 3.47. The number of fused-ring (bicyclic) bond motifs is 1. The maximum Gasteiger partial charge on any atom is 0.482 e. The highest BCUT2D eigenvalue weighted by atomic mass is 27.1. The molecule has 0 bridgehead atoms. The second-order valence-corrected chi connectivity index (χ2v) is 7.22. The highest BCUT2D eigenvalue weighted by Crippen LogP contribution is 2.51. The first kappa shape index (κ1) is 14.6. The van der Waals surface area contributed by atoms with E-state index in [-0.39, 0.29) is 17.6 Å². The summed E-state index contributed by atoms with van der Waals surface area (Å²) in [7, 11) is 0. The highest BCUT2D eigenvalue weighted by Gasteiger charge is 2.34. The molecule has 19 heavy (non-hydrogen) atoms. The Kier molecular flexibility index (Phi) is 3.53. The molecule has 102 valence electrons. The smallest absolute Gasteiger partial charge is 0.482 e. The van der Waals surface area contributed by atoms with Gasteiger partial charge in [0.2, 0.25) is 6.79 Å². The zero-order chi connectivity index (χ0) is 14.4. The van der Waals surface area contributed by atoms with Crippen molar-refractivity contribution in [3.63, 3.8) is 0 Å². The predicted molar refractivity (Wildman–Crippen MR) is 76.3 cm³/mol. The van der Waals surface area contributed by atoms with Crippen LogP contribution in [0.5, 0.6) is 17.2 Å². The summed E-state index contributed by atoms with van der Waals surface area (Å²) < 4.78 is 16.9. The molecule has 1 aliphatic rings. The van der Waals surface area contributed by atoms with Crippen molar-refractivity contribution in [2.45, 2.75) is 52.4 Å². The van der Waals surface area contributed by atoms with Crippen LogP contribution in [0.1, 0.15) is 52.7 Å². The molecule has 0 unspecified atom stereocenters. The summed E-state index contributed by atoms with van der Waals surface area (Å²) in [6.45, 7) is 13.3. The van der Waals surface area contributed by atoms with Gasteiger partial charge < -0.3 is 13.3 Å². The van der Waals surface area contributed by atoms with Gasteiger partial charge in [-0.05, 0) is 16.9 Å². The van der Waals surface area contributed by atoms with Crippen molar-refractivity contribution < 1.29 is 13.3 Å². The van der Waals surface area contributed by atoms with Gasteiger partial charge in [0.1, 0.15) is 0 Å². The van der Waals surface area contributed by atoms with Gasteiger partial charge in [0.15, 0.2) is 11.5 Å². The van der Waals surface area contributed by atoms with Crippen LogP contribution < -0.4 is 13.3 Å². The molecule has 0 aromatic heterocycles. The molecule has 1 aliphatic heterocycles. The van der Waals surface area contributed by atoms with Crippen LogP contribution in [0.25, 0.3) is 0 Å². The van der Waals surface area contributed by atoms with E-state index in [1.165, 1.54) is 0 Å². The molecule has 0 aliphatic carbocycles. The summed E-state index contributed by atoms with van der Waals surface area (Å²) in [5.74, 6) is 2.52. The van der Waals surface area contributed by atoms with Crippen LogP contribution in [0.3, 0.4) is 0 Å². The molecule has 1 aromatic carbocycles. The van der Waals surface area contributed by atoms with Crippen molar-refractivity contribution in [1.82, 2.24) is 0 Å². The topological polar surface area (TPSA) is 27.7 Å². The number of hydrogen-bond acceptors (Lipinski definition) is 3. The molecule has 4 heteroatoms. The molecule has 0 atom stereocenters. The van der Waals surface area contributed by atoms with Crippen LogP contribution in [-0.4, -0.2) is 23.4 Å². The molecule has 2 radical (unpaired) electrons. The Morgan fingerprint density at radius 3 is 2.16 bits per heavy atom. The first-order chi connectivity index (χ1) is 8.66. The third kappa shape index (κ3) is 2.57. The first-order valence-corrected chi connectivity index (χ1v) is 6.97. The fourth-order valence-corrected chi connectivity index (χ4v) is 2.63. The fourth-order valence-electron chi connectivity index (χ4n) is 2.39. The summed E-state index contributed by atoms with van der Waals surface area (Å²) in [6, 6.07) is 2.04. The monoisotopic (exact) mass is 276 g/mol. The Labute approximate surface area is 124 Å². The molecule has 0 fully saturated rings. The van der Waals surface area contributed by atoms with E-state index in [4.69, 9.17) is 13.3 Å². The van der Waals surface area contributed by atoms with E-state index in [9.17, 15) is 0 Å². The van der Waals surface area contributed by atoms with Crippen molar-refractivity contribution >= 4 is 16.6 Å². The Morgan fingerprint density at radius 1 is 1.05 bits per heavy atom. The summed E-state index contributed by atoms with van der Waals surface area (Å²) in [4.78, 5) is 0. The van der Waals surface area contributed by atoms with Gasteiger partial charge in [0.05, 0.1) is 5.75 Å². The van der Waals surface area contributed by atoms with Gasteiger partial charge in [-0.1, -0.05) is 41.5 Å². The molecule has 2 rings (SSSR count). The summed E-state index contributed by atoms with van der Waals surface area (Å²) in [5, 5.41) is 0. The van der Waals surface area contributed by atoms with Gasteiger partial charge in [0.25, 0.3) is 0 Å². The Hall–Kier alpha value is -0.848. The van der Waals surface area contributed by atoms with E-state index in [1.54, 1.807) is 0 Å². The van der Waals surface area contributed by atoms with Gasteiger partial charge >= 0.3 is 16.6 Å². The summed E-state index contributed by atoms with van der Waals surface area (Å²) >= 11 is 2.36. The lowest BCUT2D eigenvalue weighted by Gasteiger charge is -2.31. The summed E-state index contributed by atoms with van der Waals surface area (Å²) in [6.07, 6.45) is 0. The lowest BCUT2D eigenvalue weighted by atomic mass is 9.79. The molecular weight excluding hydrogens is 255 g/mol. The van der Waals surface area contributed by atoms with Crippen molar-refractivity contribution in [2.24, 2.45) is 0 Å². The number of rotatable bonds is 1. The second-order valence-electron chi connectivity index (χ2n) is 6.98. The molecule has 0 saturated heterocycles.